The molecule has 2 atom stereocenters. The van der Waals surface area contributed by atoms with Crippen LogP contribution < -0.4 is 0 Å². The van der Waals surface area contributed by atoms with Crippen molar-refractivity contribution in [1.29, 1.82) is 0 Å². The largest absolute Gasteiger partial charge is 0.378 e. The number of rotatable bonds is 0. The summed E-state index contributed by atoms with van der Waals surface area (Å²) in [4.78, 5) is 2.03. The lowest BCUT2D eigenvalue weighted by molar-refractivity contribution is -0.0469. The molecular weight excluding hydrogens is 150 g/mol. The van der Waals surface area contributed by atoms with Gasteiger partial charge in [0, 0.05) is 6.54 Å². The first-order valence-electron chi connectivity index (χ1n) is 4.79. The first kappa shape index (κ1) is 10.0. The Morgan fingerprint density at radius 2 is 1.92 bits per heavy atom. The number of hydrogen-bond donors (Lipinski definition) is 1. The Morgan fingerprint density at radius 3 is 2.33 bits per heavy atom. The second kappa shape index (κ2) is 3.35. The molecule has 0 amide bonds. The number of nitrogens with zero attached hydrogens (tertiary/aromatic N) is 1. The molecule has 0 spiro atoms. The van der Waals surface area contributed by atoms with Crippen LogP contribution in [0.4, 0.5) is 0 Å². The highest BCUT2D eigenvalue weighted by atomic mass is 16.3. The molecule has 0 aliphatic carbocycles. The van der Waals surface area contributed by atoms with Crippen molar-refractivity contribution in [2.45, 2.75) is 39.8 Å². The Labute approximate surface area is 75.6 Å². The molecule has 1 aliphatic rings. The van der Waals surface area contributed by atoms with Gasteiger partial charge in [-0.1, -0.05) is 20.8 Å². The minimum atomic E-state index is -0.219. The summed E-state index contributed by atoms with van der Waals surface area (Å²) in [5.74, 6) is 0.670. The summed E-state index contributed by atoms with van der Waals surface area (Å²) in [6.07, 6.45) is 1.93. The molecule has 0 saturated carbocycles. The summed E-state index contributed by atoms with van der Waals surface area (Å²) < 4.78 is 0. The molecule has 0 radical (unpaired) electrons. The van der Waals surface area contributed by atoms with Crippen molar-refractivity contribution in [2.75, 3.05) is 13.6 Å². The van der Waals surface area contributed by atoms with Gasteiger partial charge in [0.15, 0.2) is 0 Å². The SMILES string of the molecule is CN1CCC(C(C)(C)C)CC1O. The Balaban J connectivity index is 2.51. The Hall–Kier alpha value is -0.0800. The van der Waals surface area contributed by atoms with E-state index in [1.54, 1.807) is 0 Å². The maximum atomic E-state index is 9.64. The number of likely N-dealkylation sites (tertiary alicyclic amines) is 1. The fourth-order valence-corrected chi connectivity index (χ4v) is 1.85. The van der Waals surface area contributed by atoms with Crippen LogP contribution in [-0.2, 0) is 0 Å². The zero-order valence-corrected chi connectivity index (χ0v) is 8.67. The van der Waals surface area contributed by atoms with Crippen LogP contribution in [-0.4, -0.2) is 29.8 Å². The molecule has 0 aromatic heterocycles. The Kier molecular flexibility index (Phi) is 2.79. The number of aliphatic hydroxyl groups excluding tert-OH is 1. The predicted octanol–water partition coefficient (Wildman–Crippen LogP) is 1.69. The van der Waals surface area contributed by atoms with Gasteiger partial charge in [-0.25, -0.2) is 0 Å². The number of hydrogen-bond acceptors (Lipinski definition) is 2. The van der Waals surface area contributed by atoms with E-state index in [-0.39, 0.29) is 6.23 Å². The van der Waals surface area contributed by atoms with Crippen molar-refractivity contribution in [3.8, 4) is 0 Å². The van der Waals surface area contributed by atoms with Crippen molar-refractivity contribution in [1.82, 2.24) is 4.90 Å². The second-order valence-corrected chi connectivity index (χ2v) is 5.05. The zero-order chi connectivity index (χ0) is 9.35. The first-order chi connectivity index (χ1) is 5.41. The molecule has 0 bridgehead atoms. The summed E-state index contributed by atoms with van der Waals surface area (Å²) >= 11 is 0. The Bertz CT molecular complexity index is 150. The van der Waals surface area contributed by atoms with Gasteiger partial charge in [0.05, 0.1) is 0 Å². The van der Waals surface area contributed by atoms with Gasteiger partial charge in [-0.05, 0) is 31.2 Å². The van der Waals surface area contributed by atoms with Crippen molar-refractivity contribution < 1.29 is 5.11 Å². The van der Waals surface area contributed by atoms with Crippen LogP contribution in [0, 0.1) is 11.3 Å². The van der Waals surface area contributed by atoms with Gasteiger partial charge < -0.3 is 5.11 Å². The maximum absolute atomic E-state index is 9.64. The highest BCUT2D eigenvalue weighted by molar-refractivity contribution is 4.81. The van der Waals surface area contributed by atoms with Crippen LogP contribution in [0.2, 0.25) is 0 Å². The summed E-state index contributed by atoms with van der Waals surface area (Å²) in [6.45, 7) is 7.81. The molecule has 1 rings (SSSR count). The van der Waals surface area contributed by atoms with E-state index in [0.717, 1.165) is 13.0 Å². The highest BCUT2D eigenvalue weighted by Gasteiger charge is 2.31. The number of aliphatic hydroxyl groups is 1. The van der Waals surface area contributed by atoms with Gasteiger partial charge in [0.2, 0.25) is 0 Å². The van der Waals surface area contributed by atoms with Crippen molar-refractivity contribution in [3.05, 3.63) is 0 Å². The fraction of sp³-hybridized carbons (Fsp3) is 1.00. The fourth-order valence-electron chi connectivity index (χ4n) is 1.85. The van der Waals surface area contributed by atoms with Gasteiger partial charge >= 0.3 is 0 Å². The molecule has 0 aromatic rings. The average molecular weight is 171 g/mol. The minimum Gasteiger partial charge on any atom is -0.378 e. The molecule has 2 heteroatoms. The molecule has 0 aromatic carbocycles. The molecule has 1 aliphatic heterocycles. The van der Waals surface area contributed by atoms with Crippen LogP contribution in [0.25, 0.3) is 0 Å². The van der Waals surface area contributed by atoms with Gasteiger partial charge in [0.25, 0.3) is 0 Å². The van der Waals surface area contributed by atoms with Crippen molar-refractivity contribution >= 4 is 0 Å². The molecule has 2 unspecified atom stereocenters. The first-order valence-corrected chi connectivity index (χ1v) is 4.79. The standard InChI is InChI=1S/C10H21NO/c1-10(2,3)8-5-6-11(4)9(12)7-8/h8-9,12H,5-7H2,1-4H3. The molecule has 2 nitrogen and oxygen atoms in total. The molecule has 1 N–H and O–H groups in total. The topological polar surface area (TPSA) is 23.5 Å². The van der Waals surface area contributed by atoms with E-state index in [9.17, 15) is 5.11 Å². The lowest BCUT2D eigenvalue weighted by atomic mass is 9.75. The van der Waals surface area contributed by atoms with Crippen LogP contribution in [0.15, 0.2) is 0 Å². The predicted molar refractivity (Wildman–Crippen MR) is 50.8 cm³/mol. The van der Waals surface area contributed by atoms with Crippen LogP contribution in [0.5, 0.6) is 0 Å². The average Bonchev–Trinajstić information content (AvgIpc) is 1.92. The van der Waals surface area contributed by atoms with E-state index in [1.165, 1.54) is 6.42 Å². The van der Waals surface area contributed by atoms with E-state index in [0.29, 0.717) is 11.3 Å². The second-order valence-electron chi connectivity index (χ2n) is 5.05. The molecule has 1 fully saturated rings. The monoisotopic (exact) mass is 171 g/mol. The van der Waals surface area contributed by atoms with E-state index < -0.39 is 0 Å². The van der Waals surface area contributed by atoms with Gasteiger partial charge in [-0.3, -0.25) is 4.90 Å². The summed E-state index contributed by atoms with van der Waals surface area (Å²) in [6, 6.07) is 0. The lowest BCUT2D eigenvalue weighted by Crippen LogP contribution is -2.42. The van der Waals surface area contributed by atoms with Crippen LogP contribution >= 0.6 is 0 Å². The van der Waals surface area contributed by atoms with E-state index in [4.69, 9.17) is 0 Å². The van der Waals surface area contributed by atoms with Crippen molar-refractivity contribution in [3.63, 3.8) is 0 Å². The van der Waals surface area contributed by atoms with Gasteiger partial charge in [0.1, 0.15) is 6.23 Å². The molecule has 1 saturated heterocycles. The molecule has 12 heavy (non-hydrogen) atoms. The third kappa shape index (κ3) is 2.20. The summed E-state index contributed by atoms with van der Waals surface area (Å²) in [5, 5.41) is 9.64. The van der Waals surface area contributed by atoms with E-state index in [2.05, 4.69) is 20.8 Å². The smallest absolute Gasteiger partial charge is 0.107 e. The van der Waals surface area contributed by atoms with Crippen molar-refractivity contribution in [2.24, 2.45) is 11.3 Å². The quantitative estimate of drug-likeness (QED) is 0.599. The zero-order valence-electron chi connectivity index (χ0n) is 8.67. The Morgan fingerprint density at radius 1 is 1.33 bits per heavy atom. The third-order valence-electron chi connectivity index (χ3n) is 3.06. The normalized spacial score (nSPS) is 33.8. The van der Waals surface area contributed by atoms with Crippen LogP contribution in [0.3, 0.4) is 0 Å². The summed E-state index contributed by atoms with van der Waals surface area (Å²) in [7, 11) is 1.99. The number of piperidine rings is 1. The third-order valence-corrected chi connectivity index (χ3v) is 3.06. The highest BCUT2D eigenvalue weighted by Crippen LogP contribution is 2.35. The van der Waals surface area contributed by atoms with E-state index >= 15 is 0 Å². The van der Waals surface area contributed by atoms with Crippen LogP contribution in [0.1, 0.15) is 33.6 Å². The molecule has 1 heterocycles. The minimum absolute atomic E-state index is 0.219. The molecule has 72 valence electrons. The van der Waals surface area contributed by atoms with E-state index in [1.807, 2.05) is 11.9 Å². The maximum Gasteiger partial charge on any atom is 0.107 e. The van der Waals surface area contributed by atoms with Gasteiger partial charge in [-0.2, -0.15) is 0 Å². The lowest BCUT2D eigenvalue weighted by Gasteiger charge is -2.40. The molecular formula is C10H21NO. The summed E-state index contributed by atoms with van der Waals surface area (Å²) in [5.41, 5.74) is 0.349. The van der Waals surface area contributed by atoms with Gasteiger partial charge in [-0.15, -0.1) is 0 Å².